The highest BCUT2D eigenvalue weighted by Gasteiger charge is 2.28. The molecule has 2 N–H and O–H groups in total. The molecule has 0 fully saturated rings. The topological polar surface area (TPSA) is 96.3 Å². The van der Waals surface area contributed by atoms with E-state index in [0.717, 1.165) is 6.42 Å². The molecule has 0 aromatic carbocycles. The maximum absolute atomic E-state index is 6.18. The number of pyridine rings is 1. The number of rotatable bonds is 7. The minimum Gasteiger partial charge on any atom is -0.480 e. The summed E-state index contributed by atoms with van der Waals surface area (Å²) in [6.07, 6.45) is 2.56. The van der Waals surface area contributed by atoms with Gasteiger partial charge in [0.1, 0.15) is 11.1 Å². The molecule has 0 radical (unpaired) electrons. The largest absolute Gasteiger partial charge is 0.480 e. The van der Waals surface area contributed by atoms with Gasteiger partial charge in [-0.3, -0.25) is 0 Å². The number of methoxy groups -OCH3 is 1. The average molecular weight is 292 g/mol. The predicted molar refractivity (Wildman–Crippen MR) is 76.7 cm³/mol. The highest BCUT2D eigenvalue weighted by Crippen LogP contribution is 2.27. The van der Waals surface area contributed by atoms with Gasteiger partial charge in [0.25, 0.3) is 5.89 Å². The molecule has 2 aromatic rings. The molecule has 2 rings (SSSR count). The molecule has 2 heterocycles. The zero-order valence-electron chi connectivity index (χ0n) is 12.5. The number of aromatic nitrogens is 3. The van der Waals surface area contributed by atoms with Crippen LogP contribution in [0.3, 0.4) is 0 Å². The summed E-state index contributed by atoms with van der Waals surface area (Å²) in [5.41, 5.74) is 6.00. The predicted octanol–water partition coefficient (Wildman–Crippen LogP) is 1.74. The van der Waals surface area contributed by atoms with Crippen molar-refractivity contribution in [2.45, 2.75) is 25.8 Å². The molecule has 0 spiro atoms. The fourth-order valence-corrected chi connectivity index (χ4v) is 1.77. The Morgan fingerprint density at radius 1 is 1.43 bits per heavy atom. The molecule has 1 unspecified atom stereocenters. The van der Waals surface area contributed by atoms with Crippen molar-refractivity contribution in [1.82, 2.24) is 15.1 Å². The van der Waals surface area contributed by atoms with Crippen LogP contribution in [0.5, 0.6) is 5.88 Å². The molecule has 21 heavy (non-hydrogen) atoms. The van der Waals surface area contributed by atoms with Crippen LogP contribution in [0, 0.1) is 0 Å². The number of ether oxygens (including phenoxy) is 2. The molecular formula is C14H20N4O3. The van der Waals surface area contributed by atoms with Crippen molar-refractivity contribution < 1.29 is 14.0 Å². The Bertz CT molecular complexity index is 583. The fraction of sp³-hybridized carbons (Fsp3) is 0.500. The summed E-state index contributed by atoms with van der Waals surface area (Å²) in [5.74, 6) is 1.13. The number of nitrogens with two attached hydrogens (primary N) is 1. The number of nitrogens with zero attached hydrogens (tertiary/aromatic N) is 3. The first-order valence-corrected chi connectivity index (χ1v) is 6.78. The second kappa shape index (κ2) is 6.64. The van der Waals surface area contributed by atoms with Crippen molar-refractivity contribution >= 4 is 0 Å². The van der Waals surface area contributed by atoms with Crippen LogP contribution in [0.15, 0.2) is 22.9 Å². The highest BCUT2D eigenvalue weighted by molar-refractivity contribution is 5.59. The first-order chi connectivity index (χ1) is 10.1. The summed E-state index contributed by atoms with van der Waals surface area (Å²) in [7, 11) is 1.54. The number of hydrogen-bond acceptors (Lipinski definition) is 7. The minimum atomic E-state index is -0.813. The molecule has 7 heteroatoms. The second-order valence-corrected chi connectivity index (χ2v) is 4.95. The van der Waals surface area contributed by atoms with E-state index in [4.69, 9.17) is 19.7 Å². The summed E-state index contributed by atoms with van der Waals surface area (Å²) < 4.78 is 15.9. The van der Waals surface area contributed by atoms with E-state index in [2.05, 4.69) is 15.1 Å². The summed E-state index contributed by atoms with van der Waals surface area (Å²) in [5, 5.41) is 3.94. The summed E-state index contributed by atoms with van der Waals surface area (Å²) in [4.78, 5) is 8.44. The van der Waals surface area contributed by atoms with Crippen LogP contribution in [-0.2, 0) is 10.3 Å². The third-order valence-electron chi connectivity index (χ3n) is 2.88. The molecule has 0 aliphatic heterocycles. The van der Waals surface area contributed by atoms with Crippen LogP contribution in [0.1, 0.15) is 26.1 Å². The van der Waals surface area contributed by atoms with Gasteiger partial charge in [-0.05, 0) is 25.5 Å². The lowest BCUT2D eigenvalue weighted by Gasteiger charge is -2.19. The second-order valence-electron chi connectivity index (χ2n) is 4.95. The fourth-order valence-electron chi connectivity index (χ4n) is 1.77. The smallest absolute Gasteiger partial charge is 0.263 e. The van der Waals surface area contributed by atoms with E-state index >= 15 is 0 Å². The Hall–Kier alpha value is -1.99. The molecule has 1 atom stereocenters. The van der Waals surface area contributed by atoms with Crippen molar-refractivity contribution in [2.75, 3.05) is 20.3 Å². The van der Waals surface area contributed by atoms with E-state index < -0.39 is 5.54 Å². The molecule has 0 saturated carbocycles. The average Bonchev–Trinajstić information content (AvgIpc) is 2.98. The Balaban J connectivity index is 2.21. The molecule has 0 aliphatic carbocycles. The van der Waals surface area contributed by atoms with Crippen LogP contribution < -0.4 is 10.5 Å². The van der Waals surface area contributed by atoms with Crippen LogP contribution >= 0.6 is 0 Å². The van der Waals surface area contributed by atoms with Crippen molar-refractivity contribution in [2.24, 2.45) is 5.73 Å². The number of hydrogen-bond donors (Lipinski definition) is 1. The lowest BCUT2D eigenvalue weighted by molar-refractivity contribution is 0.0867. The maximum Gasteiger partial charge on any atom is 0.263 e. The standard InChI is InChI=1S/C14H20N4O3/c1-4-8-20-9-14(2,15)13-17-12(21-18-13)10-6-5-7-16-11(10)19-3/h5-7H,4,8-9,15H2,1-3H3. The van der Waals surface area contributed by atoms with Crippen molar-refractivity contribution in [3.05, 3.63) is 24.2 Å². The van der Waals surface area contributed by atoms with Gasteiger partial charge in [0.2, 0.25) is 5.88 Å². The quantitative estimate of drug-likeness (QED) is 0.776. The van der Waals surface area contributed by atoms with Gasteiger partial charge in [-0.1, -0.05) is 12.1 Å². The molecule has 0 amide bonds. The Morgan fingerprint density at radius 2 is 2.24 bits per heavy atom. The van der Waals surface area contributed by atoms with E-state index in [-0.39, 0.29) is 0 Å². The van der Waals surface area contributed by atoms with Crippen molar-refractivity contribution in [3.8, 4) is 17.3 Å². The Labute approximate surface area is 123 Å². The van der Waals surface area contributed by atoms with E-state index in [1.54, 1.807) is 25.3 Å². The summed E-state index contributed by atoms with van der Waals surface area (Å²) >= 11 is 0. The van der Waals surface area contributed by atoms with E-state index in [1.807, 2.05) is 6.92 Å². The molecule has 0 aliphatic rings. The van der Waals surface area contributed by atoms with E-state index in [0.29, 0.717) is 36.4 Å². The lowest BCUT2D eigenvalue weighted by atomic mass is 10.1. The normalized spacial score (nSPS) is 13.9. The molecule has 0 saturated heterocycles. The Morgan fingerprint density at radius 3 is 2.95 bits per heavy atom. The van der Waals surface area contributed by atoms with Gasteiger partial charge >= 0.3 is 0 Å². The first kappa shape index (κ1) is 15.4. The van der Waals surface area contributed by atoms with E-state index in [9.17, 15) is 0 Å². The van der Waals surface area contributed by atoms with Gasteiger partial charge in [0, 0.05) is 12.8 Å². The van der Waals surface area contributed by atoms with Gasteiger partial charge in [-0.2, -0.15) is 4.98 Å². The summed E-state index contributed by atoms with van der Waals surface area (Å²) in [6, 6.07) is 3.57. The SMILES string of the molecule is CCCOCC(C)(N)c1noc(-c2cccnc2OC)n1. The van der Waals surface area contributed by atoms with Gasteiger partial charge in [-0.25, -0.2) is 4.98 Å². The van der Waals surface area contributed by atoms with Gasteiger partial charge < -0.3 is 19.7 Å². The van der Waals surface area contributed by atoms with E-state index in [1.165, 1.54) is 7.11 Å². The molecular weight excluding hydrogens is 272 g/mol. The monoisotopic (exact) mass is 292 g/mol. The molecule has 2 aromatic heterocycles. The van der Waals surface area contributed by atoms with Gasteiger partial charge in [-0.15, -0.1) is 0 Å². The van der Waals surface area contributed by atoms with Gasteiger partial charge in [0.15, 0.2) is 5.82 Å². The third-order valence-corrected chi connectivity index (χ3v) is 2.88. The molecule has 0 bridgehead atoms. The summed E-state index contributed by atoms with van der Waals surface area (Å²) in [6.45, 7) is 4.81. The van der Waals surface area contributed by atoms with Crippen LogP contribution in [0.25, 0.3) is 11.5 Å². The third kappa shape index (κ3) is 3.56. The maximum atomic E-state index is 6.18. The lowest BCUT2D eigenvalue weighted by Crippen LogP contribution is -2.39. The molecule has 114 valence electrons. The van der Waals surface area contributed by atoms with Gasteiger partial charge in [0.05, 0.1) is 13.7 Å². The van der Waals surface area contributed by atoms with Crippen LogP contribution in [0.2, 0.25) is 0 Å². The zero-order valence-corrected chi connectivity index (χ0v) is 12.5. The zero-order chi connectivity index (χ0) is 15.3. The van der Waals surface area contributed by atoms with Crippen molar-refractivity contribution in [1.29, 1.82) is 0 Å². The first-order valence-electron chi connectivity index (χ1n) is 6.78. The molecule has 7 nitrogen and oxygen atoms in total. The highest BCUT2D eigenvalue weighted by atomic mass is 16.5. The van der Waals surface area contributed by atoms with Crippen LogP contribution in [0.4, 0.5) is 0 Å². The Kier molecular flexibility index (Phi) is 4.87. The van der Waals surface area contributed by atoms with Crippen molar-refractivity contribution in [3.63, 3.8) is 0 Å². The van der Waals surface area contributed by atoms with Crippen LogP contribution in [-0.4, -0.2) is 35.4 Å². The minimum absolute atomic E-state index is 0.321.